The van der Waals surface area contributed by atoms with E-state index in [1.165, 1.54) is 19.3 Å². The normalized spacial score (nSPS) is 24.4. The second-order valence-electron chi connectivity index (χ2n) is 6.58. The van der Waals surface area contributed by atoms with E-state index in [1.807, 2.05) is 6.92 Å². The predicted molar refractivity (Wildman–Crippen MR) is 83.0 cm³/mol. The minimum absolute atomic E-state index is 0.289. The summed E-state index contributed by atoms with van der Waals surface area (Å²) in [5.41, 5.74) is 5.68. The Morgan fingerprint density at radius 3 is 2.20 bits per heavy atom. The van der Waals surface area contributed by atoms with E-state index in [2.05, 4.69) is 0 Å². The smallest absolute Gasteiger partial charge is 0.214 e. The van der Waals surface area contributed by atoms with Crippen LogP contribution < -0.4 is 5.73 Å². The van der Waals surface area contributed by atoms with Gasteiger partial charge in [0.2, 0.25) is 10.0 Å². The predicted octanol–water partition coefficient (Wildman–Crippen LogP) is 2.49. The van der Waals surface area contributed by atoms with Crippen LogP contribution in [0, 0.1) is 5.92 Å². The molecular weight excluding hydrogens is 272 g/mol. The Morgan fingerprint density at radius 1 is 1.10 bits per heavy atom. The molecule has 0 bridgehead atoms. The lowest BCUT2D eigenvalue weighted by Crippen LogP contribution is -2.55. The molecule has 2 aliphatic rings. The minimum Gasteiger partial charge on any atom is -0.329 e. The third-order valence-electron chi connectivity index (χ3n) is 5.24. The molecule has 2 N–H and O–H groups in total. The molecule has 0 amide bonds. The molecule has 20 heavy (non-hydrogen) atoms. The first-order valence-electron chi connectivity index (χ1n) is 8.25. The van der Waals surface area contributed by atoms with Crippen molar-refractivity contribution in [3.63, 3.8) is 0 Å². The second-order valence-corrected chi connectivity index (χ2v) is 8.52. The Hall–Kier alpha value is -0.130. The summed E-state index contributed by atoms with van der Waals surface area (Å²) >= 11 is 0. The maximum absolute atomic E-state index is 12.9. The highest BCUT2D eigenvalue weighted by molar-refractivity contribution is 7.89. The van der Waals surface area contributed by atoms with Gasteiger partial charge in [0, 0.05) is 18.6 Å². The van der Waals surface area contributed by atoms with Gasteiger partial charge in [-0.05, 0) is 31.6 Å². The van der Waals surface area contributed by atoms with Gasteiger partial charge in [0.15, 0.2) is 0 Å². The fourth-order valence-corrected chi connectivity index (χ4v) is 6.51. The van der Waals surface area contributed by atoms with Crippen LogP contribution in [0.2, 0.25) is 0 Å². The van der Waals surface area contributed by atoms with Crippen molar-refractivity contribution in [2.45, 2.75) is 70.3 Å². The number of rotatable bonds is 6. The topological polar surface area (TPSA) is 63.4 Å². The Balaban J connectivity index is 2.11. The molecule has 2 aliphatic carbocycles. The van der Waals surface area contributed by atoms with Gasteiger partial charge in [0.25, 0.3) is 0 Å². The van der Waals surface area contributed by atoms with Crippen LogP contribution >= 0.6 is 0 Å². The van der Waals surface area contributed by atoms with Crippen molar-refractivity contribution in [2.24, 2.45) is 11.7 Å². The zero-order valence-corrected chi connectivity index (χ0v) is 13.6. The van der Waals surface area contributed by atoms with Gasteiger partial charge in [-0.25, -0.2) is 8.42 Å². The number of nitrogens with two attached hydrogens (primary N) is 1. The van der Waals surface area contributed by atoms with Crippen molar-refractivity contribution < 1.29 is 8.42 Å². The van der Waals surface area contributed by atoms with E-state index < -0.39 is 10.0 Å². The number of hydrogen-bond donors (Lipinski definition) is 1. The fraction of sp³-hybridized carbons (Fsp3) is 1.00. The molecule has 2 fully saturated rings. The molecule has 0 atom stereocenters. The van der Waals surface area contributed by atoms with E-state index in [-0.39, 0.29) is 5.54 Å². The zero-order valence-electron chi connectivity index (χ0n) is 12.8. The molecular formula is C15H30N2O2S. The van der Waals surface area contributed by atoms with E-state index in [1.54, 1.807) is 4.31 Å². The van der Waals surface area contributed by atoms with Crippen LogP contribution in [0.15, 0.2) is 0 Å². The molecule has 0 unspecified atom stereocenters. The van der Waals surface area contributed by atoms with Gasteiger partial charge in [-0.3, -0.25) is 0 Å². The first kappa shape index (κ1) is 16.2. The summed E-state index contributed by atoms with van der Waals surface area (Å²) in [6.07, 6.45) is 9.87. The van der Waals surface area contributed by atoms with Crippen molar-refractivity contribution in [3.05, 3.63) is 0 Å². The largest absolute Gasteiger partial charge is 0.329 e. The maximum atomic E-state index is 12.9. The Morgan fingerprint density at radius 2 is 1.70 bits per heavy atom. The SMILES string of the molecule is CCN(C1(CN)CCCC1)S(=O)(=O)CC1CCCCC1. The Labute approximate surface area is 124 Å². The second kappa shape index (κ2) is 6.75. The lowest BCUT2D eigenvalue weighted by molar-refractivity contribution is 0.203. The molecule has 0 spiro atoms. The standard InChI is InChI=1S/C15H30N2O2S/c1-2-17(15(13-16)10-6-7-11-15)20(18,19)12-14-8-4-3-5-9-14/h14H,2-13,16H2,1H3. The van der Waals surface area contributed by atoms with Gasteiger partial charge < -0.3 is 5.73 Å². The van der Waals surface area contributed by atoms with Crippen molar-refractivity contribution in [2.75, 3.05) is 18.8 Å². The molecule has 0 aromatic carbocycles. The minimum atomic E-state index is -3.17. The van der Waals surface area contributed by atoms with Crippen molar-refractivity contribution in [3.8, 4) is 0 Å². The van der Waals surface area contributed by atoms with Crippen LogP contribution in [0.4, 0.5) is 0 Å². The zero-order chi connectivity index (χ0) is 14.6. The summed E-state index contributed by atoms with van der Waals surface area (Å²) in [7, 11) is -3.17. The van der Waals surface area contributed by atoms with E-state index >= 15 is 0 Å². The number of hydrogen-bond acceptors (Lipinski definition) is 3. The molecule has 118 valence electrons. The summed E-state index contributed by atoms with van der Waals surface area (Å²) in [5, 5.41) is 0. The fourth-order valence-electron chi connectivity index (χ4n) is 4.16. The highest BCUT2D eigenvalue weighted by Gasteiger charge is 2.44. The average Bonchev–Trinajstić information content (AvgIpc) is 2.89. The van der Waals surface area contributed by atoms with Gasteiger partial charge in [-0.15, -0.1) is 0 Å². The molecule has 0 heterocycles. The molecule has 0 radical (unpaired) electrons. The van der Waals surface area contributed by atoms with Crippen molar-refractivity contribution in [1.82, 2.24) is 4.31 Å². The third-order valence-corrected chi connectivity index (χ3v) is 7.45. The summed E-state index contributed by atoms with van der Waals surface area (Å²) in [6, 6.07) is 0. The quantitative estimate of drug-likeness (QED) is 0.820. The Bertz CT molecular complexity index is 396. The van der Waals surface area contributed by atoms with Crippen LogP contribution in [-0.2, 0) is 10.0 Å². The van der Waals surface area contributed by atoms with Crippen LogP contribution in [0.5, 0.6) is 0 Å². The Kier molecular flexibility index (Phi) is 5.49. The summed E-state index contributed by atoms with van der Waals surface area (Å²) in [6.45, 7) is 2.98. The number of sulfonamides is 1. The molecule has 0 aromatic rings. The molecule has 5 heteroatoms. The van der Waals surface area contributed by atoms with Crippen LogP contribution in [0.25, 0.3) is 0 Å². The summed E-state index contributed by atoms with van der Waals surface area (Å²) < 4.78 is 27.5. The molecule has 0 aromatic heterocycles. The van der Waals surface area contributed by atoms with Gasteiger partial charge in [0.1, 0.15) is 0 Å². The van der Waals surface area contributed by atoms with Crippen LogP contribution in [-0.4, -0.2) is 37.1 Å². The lowest BCUT2D eigenvalue weighted by Gasteiger charge is -2.40. The maximum Gasteiger partial charge on any atom is 0.214 e. The molecule has 2 saturated carbocycles. The molecule has 4 nitrogen and oxygen atoms in total. The third kappa shape index (κ3) is 3.37. The monoisotopic (exact) mass is 302 g/mol. The summed E-state index contributed by atoms with van der Waals surface area (Å²) in [4.78, 5) is 0. The first-order valence-corrected chi connectivity index (χ1v) is 9.85. The molecule has 2 rings (SSSR count). The van der Waals surface area contributed by atoms with Crippen LogP contribution in [0.1, 0.15) is 64.7 Å². The van der Waals surface area contributed by atoms with Gasteiger partial charge >= 0.3 is 0 Å². The van der Waals surface area contributed by atoms with E-state index in [9.17, 15) is 8.42 Å². The highest BCUT2D eigenvalue weighted by atomic mass is 32.2. The van der Waals surface area contributed by atoms with E-state index in [4.69, 9.17) is 5.73 Å². The van der Waals surface area contributed by atoms with Crippen molar-refractivity contribution >= 4 is 10.0 Å². The molecule has 0 saturated heterocycles. The van der Waals surface area contributed by atoms with Crippen molar-refractivity contribution in [1.29, 1.82) is 0 Å². The lowest BCUT2D eigenvalue weighted by atomic mass is 9.91. The van der Waals surface area contributed by atoms with E-state index in [0.717, 1.165) is 38.5 Å². The van der Waals surface area contributed by atoms with Gasteiger partial charge in [0.05, 0.1) is 5.75 Å². The highest BCUT2D eigenvalue weighted by Crippen LogP contribution is 2.37. The van der Waals surface area contributed by atoms with Crippen LogP contribution in [0.3, 0.4) is 0 Å². The average molecular weight is 302 g/mol. The molecule has 0 aliphatic heterocycles. The first-order chi connectivity index (χ1) is 9.54. The van der Waals surface area contributed by atoms with Gasteiger partial charge in [-0.1, -0.05) is 39.0 Å². The van der Waals surface area contributed by atoms with E-state index in [0.29, 0.717) is 24.8 Å². The number of nitrogens with zero attached hydrogens (tertiary/aromatic N) is 1. The number of likely N-dealkylation sites (N-methyl/N-ethyl adjacent to an activating group) is 1. The van der Waals surface area contributed by atoms with Gasteiger partial charge in [-0.2, -0.15) is 4.31 Å². The summed E-state index contributed by atoms with van der Waals surface area (Å²) in [5.74, 6) is 0.696.